The Bertz CT molecular complexity index is 663. The first-order valence-corrected chi connectivity index (χ1v) is 8.27. The molecule has 1 amide bonds. The van der Waals surface area contributed by atoms with E-state index in [-0.39, 0.29) is 11.8 Å². The fourth-order valence-electron chi connectivity index (χ4n) is 2.95. The topological polar surface area (TPSA) is 77.0 Å². The summed E-state index contributed by atoms with van der Waals surface area (Å²) < 4.78 is 7.07. The molecule has 124 valence electrons. The van der Waals surface area contributed by atoms with E-state index in [9.17, 15) is 4.79 Å². The maximum Gasteiger partial charge on any atom is 0.257 e. The third kappa shape index (κ3) is 3.60. The lowest BCUT2D eigenvalue weighted by molar-refractivity contribution is 0.0695. The number of carbonyl (C=O) groups excluding carboxylic acids is 1. The largest absolute Gasteiger partial charge is 0.339 e. The fourth-order valence-corrected chi connectivity index (χ4v) is 2.95. The molecule has 1 fully saturated rings. The van der Waals surface area contributed by atoms with E-state index in [1.807, 2.05) is 11.9 Å². The van der Waals surface area contributed by atoms with E-state index in [4.69, 9.17) is 4.52 Å². The summed E-state index contributed by atoms with van der Waals surface area (Å²) >= 11 is 0. The van der Waals surface area contributed by atoms with Gasteiger partial charge in [-0.1, -0.05) is 18.5 Å². The van der Waals surface area contributed by atoms with Crippen LogP contribution in [0.1, 0.15) is 60.6 Å². The molecule has 0 N–H and O–H groups in total. The first-order chi connectivity index (χ1) is 11.2. The molecule has 1 atom stereocenters. The van der Waals surface area contributed by atoms with Crippen LogP contribution in [0.25, 0.3) is 0 Å². The zero-order valence-electron chi connectivity index (χ0n) is 13.7. The van der Waals surface area contributed by atoms with Gasteiger partial charge in [-0.05, 0) is 19.3 Å². The molecule has 1 aliphatic heterocycles. The first kappa shape index (κ1) is 15.7. The van der Waals surface area contributed by atoms with Crippen molar-refractivity contribution in [3.63, 3.8) is 0 Å². The van der Waals surface area contributed by atoms with Crippen molar-refractivity contribution in [2.75, 3.05) is 13.1 Å². The van der Waals surface area contributed by atoms with Crippen molar-refractivity contribution < 1.29 is 9.32 Å². The fraction of sp³-hybridized carbons (Fsp3) is 0.625. The van der Waals surface area contributed by atoms with Crippen LogP contribution >= 0.6 is 0 Å². The van der Waals surface area contributed by atoms with Crippen LogP contribution in [0.4, 0.5) is 0 Å². The number of likely N-dealkylation sites (tertiary alicyclic amines) is 1. The Morgan fingerprint density at radius 1 is 1.48 bits per heavy atom. The lowest BCUT2D eigenvalue weighted by atomic mass is 9.97. The second-order valence-corrected chi connectivity index (χ2v) is 6.15. The van der Waals surface area contributed by atoms with Crippen LogP contribution in [0.2, 0.25) is 0 Å². The molecule has 0 unspecified atom stereocenters. The summed E-state index contributed by atoms with van der Waals surface area (Å²) in [7, 11) is 1.81. The van der Waals surface area contributed by atoms with E-state index in [0.717, 1.165) is 44.5 Å². The van der Waals surface area contributed by atoms with Gasteiger partial charge in [0.2, 0.25) is 5.89 Å². The SMILES string of the molecule is CCCCc1noc([C@H]2CCCN(C(=O)c3cnn(C)c3)C2)n1. The zero-order valence-corrected chi connectivity index (χ0v) is 13.7. The van der Waals surface area contributed by atoms with E-state index < -0.39 is 0 Å². The molecule has 0 spiro atoms. The third-order valence-corrected chi connectivity index (χ3v) is 4.25. The number of nitrogens with zero attached hydrogens (tertiary/aromatic N) is 5. The average molecular weight is 317 g/mol. The normalized spacial score (nSPS) is 18.3. The summed E-state index contributed by atoms with van der Waals surface area (Å²) in [6, 6.07) is 0. The molecular weight excluding hydrogens is 294 g/mol. The average Bonchev–Trinajstić information content (AvgIpc) is 3.21. The van der Waals surface area contributed by atoms with Crippen molar-refractivity contribution in [1.82, 2.24) is 24.8 Å². The highest BCUT2D eigenvalue weighted by Crippen LogP contribution is 2.26. The Labute approximate surface area is 135 Å². The van der Waals surface area contributed by atoms with Gasteiger partial charge >= 0.3 is 0 Å². The predicted molar refractivity (Wildman–Crippen MR) is 84.0 cm³/mol. The first-order valence-electron chi connectivity index (χ1n) is 8.27. The Morgan fingerprint density at radius 2 is 2.35 bits per heavy atom. The number of carbonyl (C=O) groups is 1. The molecule has 3 heterocycles. The van der Waals surface area contributed by atoms with Gasteiger partial charge in [-0.25, -0.2) is 0 Å². The van der Waals surface area contributed by atoms with Crippen LogP contribution in [0, 0.1) is 0 Å². The minimum Gasteiger partial charge on any atom is -0.339 e. The highest BCUT2D eigenvalue weighted by atomic mass is 16.5. The van der Waals surface area contributed by atoms with Gasteiger partial charge in [0, 0.05) is 32.8 Å². The van der Waals surface area contributed by atoms with Gasteiger partial charge < -0.3 is 9.42 Å². The van der Waals surface area contributed by atoms with Gasteiger partial charge in [0.05, 0.1) is 17.7 Å². The van der Waals surface area contributed by atoms with Gasteiger partial charge in [0.1, 0.15) is 0 Å². The Kier molecular flexibility index (Phi) is 4.73. The predicted octanol–water partition coefficient (Wildman–Crippen LogP) is 2.17. The van der Waals surface area contributed by atoms with Gasteiger partial charge in [0.15, 0.2) is 5.82 Å². The molecule has 0 aliphatic carbocycles. The van der Waals surface area contributed by atoms with Crippen molar-refractivity contribution in [3.8, 4) is 0 Å². The Hall–Kier alpha value is -2.18. The molecule has 7 nitrogen and oxygen atoms in total. The number of rotatable bonds is 5. The maximum absolute atomic E-state index is 12.5. The van der Waals surface area contributed by atoms with Gasteiger partial charge in [-0.15, -0.1) is 0 Å². The highest BCUT2D eigenvalue weighted by molar-refractivity contribution is 5.93. The smallest absolute Gasteiger partial charge is 0.257 e. The molecule has 2 aromatic rings. The van der Waals surface area contributed by atoms with Crippen LogP contribution in [0.15, 0.2) is 16.9 Å². The van der Waals surface area contributed by atoms with Crippen LogP contribution in [0.3, 0.4) is 0 Å². The Morgan fingerprint density at radius 3 is 3.09 bits per heavy atom. The van der Waals surface area contributed by atoms with E-state index in [1.165, 1.54) is 0 Å². The molecule has 3 rings (SSSR count). The van der Waals surface area contributed by atoms with Crippen molar-refractivity contribution in [2.45, 2.75) is 44.9 Å². The number of aromatic nitrogens is 4. The lowest BCUT2D eigenvalue weighted by Crippen LogP contribution is -2.39. The van der Waals surface area contributed by atoms with E-state index in [1.54, 1.807) is 17.1 Å². The van der Waals surface area contributed by atoms with Crippen molar-refractivity contribution in [3.05, 3.63) is 29.7 Å². The molecule has 0 saturated carbocycles. The summed E-state index contributed by atoms with van der Waals surface area (Å²) in [5.41, 5.74) is 0.627. The van der Waals surface area contributed by atoms with Crippen molar-refractivity contribution in [2.24, 2.45) is 7.05 Å². The van der Waals surface area contributed by atoms with Crippen molar-refractivity contribution >= 4 is 5.91 Å². The number of hydrogen-bond donors (Lipinski definition) is 0. The molecule has 0 aromatic carbocycles. The van der Waals surface area contributed by atoms with E-state index in [2.05, 4.69) is 22.2 Å². The van der Waals surface area contributed by atoms with Gasteiger partial charge in [0.25, 0.3) is 5.91 Å². The molecule has 2 aromatic heterocycles. The van der Waals surface area contributed by atoms with Crippen LogP contribution in [0.5, 0.6) is 0 Å². The van der Waals surface area contributed by atoms with Crippen molar-refractivity contribution in [1.29, 1.82) is 0 Å². The zero-order chi connectivity index (χ0) is 16.2. The van der Waals surface area contributed by atoms with E-state index >= 15 is 0 Å². The molecular formula is C16H23N5O2. The number of hydrogen-bond acceptors (Lipinski definition) is 5. The number of unbranched alkanes of at least 4 members (excludes halogenated alkanes) is 1. The summed E-state index contributed by atoms with van der Waals surface area (Å²) in [5.74, 6) is 1.60. The lowest BCUT2D eigenvalue weighted by Gasteiger charge is -2.30. The quantitative estimate of drug-likeness (QED) is 0.844. The minimum atomic E-state index is 0.0218. The van der Waals surface area contributed by atoms with Gasteiger partial charge in [-0.2, -0.15) is 10.1 Å². The second-order valence-electron chi connectivity index (χ2n) is 6.15. The molecule has 23 heavy (non-hydrogen) atoms. The Balaban J connectivity index is 1.66. The number of piperidine rings is 1. The highest BCUT2D eigenvalue weighted by Gasteiger charge is 2.29. The summed E-state index contributed by atoms with van der Waals surface area (Å²) in [6.45, 7) is 3.54. The third-order valence-electron chi connectivity index (χ3n) is 4.25. The summed E-state index contributed by atoms with van der Waals surface area (Å²) in [4.78, 5) is 18.9. The number of amides is 1. The number of aryl methyl sites for hydroxylation is 2. The molecule has 0 bridgehead atoms. The van der Waals surface area contributed by atoms with Crippen LogP contribution in [-0.2, 0) is 13.5 Å². The monoisotopic (exact) mass is 317 g/mol. The molecule has 1 saturated heterocycles. The van der Waals surface area contributed by atoms with Crippen LogP contribution < -0.4 is 0 Å². The maximum atomic E-state index is 12.5. The summed E-state index contributed by atoms with van der Waals surface area (Å²) in [6.07, 6.45) is 8.32. The molecule has 1 aliphatic rings. The molecule has 0 radical (unpaired) electrons. The standard InChI is InChI=1S/C16H23N5O2/c1-3-4-7-14-18-15(23-19-14)12-6-5-8-21(11-12)16(22)13-9-17-20(2)10-13/h9-10,12H,3-8,11H2,1-2H3/t12-/m0/s1. The molecule has 7 heteroatoms. The second kappa shape index (κ2) is 6.93. The van der Waals surface area contributed by atoms with Crippen LogP contribution in [-0.4, -0.2) is 43.8 Å². The summed E-state index contributed by atoms with van der Waals surface area (Å²) in [5, 5.41) is 8.13. The van der Waals surface area contributed by atoms with Gasteiger partial charge in [-0.3, -0.25) is 9.48 Å². The van der Waals surface area contributed by atoms with E-state index in [0.29, 0.717) is 18.0 Å². The minimum absolute atomic E-state index is 0.0218.